The van der Waals surface area contributed by atoms with E-state index in [2.05, 4.69) is 5.73 Å². The van der Waals surface area contributed by atoms with Crippen LogP contribution in [-0.2, 0) is 0 Å². The summed E-state index contributed by atoms with van der Waals surface area (Å²) >= 11 is 0. The first kappa shape index (κ1) is 17.8. The van der Waals surface area contributed by atoms with E-state index < -0.39 is 0 Å². The van der Waals surface area contributed by atoms with Gasteiger partial charge < -0.3 is 5.73 Å². The van der Waals surface area contributed by atoms with Crippen molar-refractivity contribution in [1.29, 1.82) is 5.26 Å². The third-order valence-corrected chi connectivity index (χ3v) is 0. The number of hydrogen-bond acceptors (Lipinski definition) is 2. The van der Waals surface area contributed by atoms with Gasteiger partial charge in [-0.25, -0.2) is 0 Å². The smallest absolute Gasteiger partial charge is 0 e. The van der Waals surface area contributed by atoms with E-state index in [1.54, 1.807) is 0 Å². The topological polar surface area (TPSA) is 80.3 Å². The van der Waals surface area contributed by atoms with E-state index in [9.17, 15) is 0 Å². The van der Waals surface area contributed by atoms with Crippen molar-refractivity contribution in [1.82, 2.24) is 6.15 Å². The van der Waals surface area contributed by atoms with Crippen LogP contribution in [0.2, 0.25) is 0 Å². The molecule has 3 radical (unpaired) electrons. The van der Waals surface area contributed by atoms with Gasteiger partial charge in [-0.15, -0.1) is 0 Å². The molecule has 3 nitrogen and oxygen atoms in total. The predicted octanol–water partition coefficient (Wildman–Crippen LogP) is -1.97. The molecule has 0 fully saturated rings. The van der Waals surface area contributed by atoms with Crippen molar-refractivity contribution in [2.24, 2.45) is 5.73 Å². The summed E-state index contributed by atoms with van der Waals surface area (Å²) in [5.74, 6) is 0. The van der Waals surface area contributed by atoms with Crippen molar-refractivity contribution >= 4 is 37.7 Å². The van der Waals surface area contributed by atoms with Gasteiger partial charge in [0, 0.05) is 6.15 Å². The molecule has 0 spiro atoms. The number of nitrogens with zero attached hydrogens (tertiary/aromatic N) is 2. The molecule has 0 amide bonds. The summed E-state index contributed by atoms with van der Waals surface area (Å²) in [6.45, 7) is 0. The van der Waals surface area contributed by atoms with Crippen molar-refractivity contribution < 1.29 is 0 Å². The largest absolute Gasteiger partial charge is 0 e. The summed E-state index contributed by atoms with van der Waals surface area (Å²) in [4.78, 5) is 0. The van der Waals surface area contributed by atoms with Crippen LogP contribution in [0.15, 0.2) is 0 Å². The Bertz CT molecular complexity index is 28.4. The zero-order chi connectivity index (χ0) is 2.71. The van der Waals surface area contributed by atoms with Crippen LogP contribution in [0.4, 0.5) is 0 Å². The number of nitrogens with two attached hydrogens (primary N) is 1. The number of hydrogen-bond donors (Lipinski definition) is 1. The van der Waals surface area contributed by atoms with E-state index in [0.29, 0.717) is 0 Å². The fourth-order valence-electron chi connectivity index (χ4n) is 0. The predicted molar refractivity (Wildman–Crippen MR) is 20.5 cm³/mol. The molecule has 0 aromatic heterocycles. The molecule has 5 heavy (non-hydrogen) atoms. The Hall–Kier alpha value is 0.510. The molecule has 0 heterocycles. The molecule has 0 atom stereocenters. The molecule has 2 N–H and O–H groups in total. The van der Waals surface area contributed by atoms with Crippen LogP contribution in [0.5, 0.6) is 0 Å². The maximum Gasteiger partial charge on any atom is 0 e. The third-order valence-electron chi connectivity index (χ3n) is 0. The van der Waals surface area contributed by atoms with E-state index in [-0.39, 0.29) is 43.9 Å². The summed E-state index contributed by atoms with van der Waals surface area (Å²) in [6, 6.07) is 0. The molecule has 25 valence electrons. The molecule has 0 saturated carbocycles. The standard InChI is InChI=1S/CH2N2.Ca.N.2H/c2-1-3;;;;/h2H2;;;;. The Morgan fingerprint density at radius 1 is 1.60 bits per heavy atom. The van der Waals surface area contributed by atoms with Crippen molar-refractivity contribution in [3.63, 3.8) is 0 Å². The normalized spacial score (nSPS) is 1.40. The molecule has 0 rings (SSSR count). The molecular weight excluding hydrogens is 94.1 g/mol. The summed E-state index contributed by atoms with van der Waals surface area (Å²) < 4.78 is 0. The summed E-state index contributed by atoms with van der Waals surface area (Å²) in [5, 5.41) is 7.10. The summed E-state index contributed by atoms with van der Waals surface area (Å²) in [7, 11) is 0. The average Bonchev–Trinajstić information content (AvgIpc) is 0.918. The van der Waals surface area contributed by atoms with Gasteiger partial charge in [0.2, 0.25) is 0 Å². The van der Waals surface area contributed by atoms with Crippen LogP contribution in [0, 0.1) is 11.5 Å². The van der Waals surface area contributed by atoms with Crippen LogP contribution < -0.4 is 11.9 Å². The minimum atomic E-state index is 0. The van der Waals surface area contributed by atoms with Crippen LogP contribution in [0.25, 0.3) is 0 Å². The Morgan fingerprint density at radius 2 is 1.60 bits per heavy atom. The monoisotopic (exact) mass is 98.0 g/mol. The van der Waals surface area contributed by atoms with Crippen LogP contribution in [0.1, 0.15) is 0 Å². The van der Waals surface area contributed by atoms with E-state index >= 15 is 0 Å². The zero-order valence-corrected chi connectivity index (χ0v) is 1.97. The molecule has 0 bridgehead atoms. The van der Waals surface area contributed by atoms with Gasteiger partial charge in [0.25, 0.3) is 0 Å². The number of nitriles is 1. The first-order chi connectivity index (χ1) is 1.41. The Balaban J connectivity index is -0.0000000200. The summed E-state index contributed by atoms with van der Waals surface area (Å²) in [6.07, 6.45) is 1.25. The molecule has 0 saturated heterocycles. The van der Waals surface area contributed by atoms with Gasteiger partial charge in [0.15, 0.2) is 6.19 Å². The van der Waals surface area contributed by atoms with Crippen LogP contribution in [-0.4, -0.2) is 37.7 Å². The third kappa shape index (κ3) is 109. The van der Waals surface area contributed by atoms with E-state index in [4.69, 9.17) is 5.26 Å². The quantitative estimate of drug-likeness (QED) is 0.216. The average molecular weight is 98.1 g/mol. The second-order valence-corrected chi connectivity index (χ2v) is 0.129. The fraction of sp³-hybridized carbons (Fsp3) is 0. The van der Waals surface area contributed by atoms with Gasteiger partial charge in [-0.3, -0.25) is 0 Å². The number of rotatable bonds is 0. The Labute approximate surface area is 60.7 Å². The molecule has 0 unspecified atom stereocenters. The van der Waals surface area contributed by atoms with Gasteiger partial charge in [-0.2, -0.15) is 5.26 Å². The van der Waals surface area contributed by atoms with Crippen molar-refractivity contribution in [3.05, 3.63) is 0 Å². The molecule has 0 aliphatic carbocycles. The second kappa shape index (κ2) is 24.4. The minimum absolute atomic E-state index is 0. The second-order valence-electron chi connectivity index (χ2n) is 0.129. The van der Waals surface area contributed by atoms with E-state index in [0.717, 1.165) is 0 Å². The van der Waals surface area contributed by atoms with E-state index in [1.165, 1.54) is 6.19 Å². The molecule has 4 heteroatoms. The Morgan fingerprint density at radius 3 is 1.60 bits per heavy atom. The van der Waals surface area contributed by atoms with Crippen LogP contribution in [0.3, 0.4) is 0 Å². The molecular formula is CH4CaN3. The zero-order valence-electron chi connectivity index (χ0n) is 1.97. The molecule has 0 aromatic carbocycles. The van der Waals surface area contributed by atoms with Crippen molar-refractivity contribution in [2.75, 3.05) is 0 Å². The van der Waals surface area contributed by atoms with Gasteiger partial charge in [0.05, 0.1) is 0 Å². The van der Waals surface area contributed by atoms with Gasteiger partial charge in [-0.05, 0) is 0 Å². The molecule has 0 aliphatic rings. The first-order valence-electron chi connectivity index (χ1n) is 0.512. The Kier molecular flexibility index (Phi) is 86.7. The molecule has 0 aromatic rings. The maximum absolute atomic E-state index is 7.10. The maximum atomic E-state index is 7.10. The fourth-order valence-corrected chi connectivity index (χ4v) is 0. The minimum Gasteiger partial charge on any atom is 0 e. The van der Waals surface area contributed by atoms with Gasteiger partial charge in [-0.1, -0.05) is 0 Å². The van der Waals surface area contributed by atoms with Gasteiger partial charge in [0.1, 0.15) is 0 Å². The SMILES string of the molecule is N#CN.[CaH2].[N]. The van der Waals surface area contributed by atoms with E-state index in [1.807, 2.05) is 0 Å². The first-order valence-corrected chi connectivity index (χ1v) is 0.512. The van der Waals surface area contributed by atoms with Crippen molar-refractivity contribution in [2.45, 2.75) is 0 Å². The molecule has 0 aliphatic heterocycles. The summed E-state index contributed by atoms with van der Waals surface area (Å²) in [5.41, 5.74) is 4.15. The van der Waals surface area contributed by atoms with Crippen LogP contribution >= 0.6 is 0 Å². The van der Waals surface area contributed by atoms with Gasteiger partial charge >= 0.3 is 37.7 Å². The van der Waals surface area contributed by atoms with Crippen molar-refractivity contribution in [3.8, 4) is 6.19 Å².